The number of anilines is 2. The van der Waals surface area contributed by atoms with E-state index in [0.717, 1.165) is 75.0 Å². The largest absolute Gasteiger partial charge is 0.370 e. The average molecular weight is 436 g/mol. The van der Waals surface area contributed by atoms with E-state index in [-0.39, 0.29) is 0 Å². The van der Waals surface area contributed by atoms with Crippen LogP contribution in [-0.2, 0) is 12.8 Å². The minimum absolute atomic E-state index is 0.810. The summed E-state index contributed by atoms with van der Waals surface area (Å²) in [5.74, 6) is 2.92. The van der Waals surface area contributed by atoms with E-state index in [1.54, 1.807) is 0 Å². The predicted octanol–water partition coefficient (Wildman–Crippen LogP) is 3.07. The van der Waals surface area contributed by atoms with Crippen LogP contribution in [0.2, 0.25) is 0 Å². The number of hydrogen-bond donors (Lipinski definition) is 1. The van der Waals surface area contributed by atoms with Gasteiger partial charge >= 0.3 is 0 Å². The molecule has 2 saturated heterocycles. The summed E-state index contributed by atoms with van der Waals surface area (Å²) in [6.45, 7) is 8.93. The van der Waals surface area contributed by atoms with Gasteiger partial charge in [0.15, 0.2) is 5.82 Å². The van der Waals surface area contributed by atoms with Crippen LogP contribution in [0.15, 0.2) is 18.3 Å². The van der Waals surface area contributed by atoms with Crippen LogP contribution in [0, 0.1) is 0 Å². The molecule has 0 unspecified atom stereocenters. The number of hydrogen-bond acceptors (Lipinski definition) is 7. The molecule has 0 aromatic carbocycles. The lowest BCUT2D eigenvalue weighted by atomic mass is 9.96. The molecular weight excluding hydrogens is 398 g/mol. The second-order valence-electron chi connectivity index (χ2n) is 9.55. The summed E-state index contributed by atoms with van der Waals surface area (Å²) >= 11 is 0. The highest BCUT2D eigenvalue weighted by atomic mass is 15.3. The highest BCUT2D eigenvalue weighted by Crippen LogP contribution is 2.29. The third-order valence-corrected chi connectivity index (χ3v) is 7.16. The number of aryl methyl sites for hydroxylation is 1. The van der Waals surface area contributed by atoms with Gasteiger partial charge in [-0.1, -0.05) is 0 Å². The molecule has 32 heavy (non-hydrogen) atoms. The number of likely N-dealkylation sites (tertiary alicyclic amines) is 1. The highest BCUT2D eigenvalue weighted by molar-refractivity contribution is 5.61. The molecule has 2 aromatic rings. The zero-order valence-electron chi connectivity index (χ0n) is 19.5. The maximum atomic E-state index is 4.98. The van der Waals surface area contributed by atoms with Crippen molar-refractivity contribution in [2.75, 3.05) is 69.6 Å². The minimum atomic E-state index is 0.810. The Morgan fingerprint density at radius 2 is 1.72 bits per heavy atom. The van der Waals surface area contributed by atoms with E-state index in [1.807, 2.05) is 6.20 Å². The number of nitrogens with zero attached hydrogens (tertiary/aromatic N) is 6. The summed E-state index contributed by atoms with van der Waals surface area (Å²) in [7, 11) is 2.18. The van der Waals surface area contributed by atoms with Crippen molar-refractivity contribution in [3.05, 3.63) is 29.6 Å². The first-order valence-corrected chi connectivity index (χ1v) is 12.5. The van der Waals surface area contributed by atoms with Crippen molar-refractivity contribution in [3.8, 4) is 11.4 Å². The predicted molar refractivity (Wildman–Crippen MR) is 130 cm³/mol. The zero-order valence-corrected chi connectivity index (χ0v) is 19.5. The first-order chi connectivity index (χ1) is 15.8. The third kappa shape index (κ3) is 5.04. The SMILES string of the molecule is CN1CCN(c2ccc(-c3nc4c(c(NCCCN5CCCC5)n3)CCCC4)cn2)CC1. The molecule has 4 heterocycles. The van der Waals surface area contributed by atoms with Gasteiger partial charge in [-0.2, -0.15) is 0 Å². The molecule has 2 aliphatic heterocycles. The molecule has 172 valence electrons. The van der Waals surface area contributed by atoms with Crippen molar-refractivity contribution in [2.45, 2.75) is 44.9 Å². The number of likely N-dealkylation sites (N-methyl/N-ethyl adjacent to an activating group) is 1. The minimum Gasteiger partial charge on any atom is -0.370 e. The van der Waals surface area contributed by atoms with Crippen molar-refractivity contribution in [2.24, 2.45) is 0 Å². The molecule has 1 aliphatic carbocycles. The van der Waals surface area contributed by atoms with Crippen LogP contribution >= 0.6 is 0 Å². The Morgan fingerprint density at radius 3 is 2.50 bits per heavy atom. The molecule has 0 atom stereocenters. The molecular formula is C25H37N7. The van der Waals surface area contributed by atoms with Gasteiger partial charge in [0.2, 0.25) is 0 Å². The van der Waals surface area contributed by atoms with Gasteiger partial charge in [-0.3, -0.25) is 0 Å². The molecule has 0 radical (unpaired) electrons. The molecule has 7 nitrogen and oxygen atoms in total. The molecule has 3 aliphatic rings. The van der Waals surface area contributed by atoms with Crippen molar-refractivity contribution in [3.63, 3.8) is 0 Å². The topological polar surface area (TPSA) is 60.4 Å². The van der Waals surface area contributed by atoms with E-state index < -0.39 is 0 Å². The van der Waals surface area contributed by atoms with Crippen LogP contribution in [0.25, 0.3) is 11.4 Å². The fourth-order valence-corrected chi connectivity index (χ4v) is 5.13. The number of rotatable bonds is 7. The fraction of sp³-hybridized carbons (Fsp3) is 0.640. The Bertz CT molecular complexity index is 884. The van der Waals surface area contributed by atoms with E-state index in [1.165, 1.54) is 56.6 Å². The highest BCUT2D eigenvalue weighted by Gasteiger charge is 2.20. The Morgan fingerprint density at radius 1 is 0.906 bits per heavy atom. The van der Waals surface area contributed by atoms with Crippen LogP contribution < -0.4 is 10.2 Å². The number of fused-ring (bicyclic) bond motifs is 1. The van der Waals surface area contributed by atoms with Crippen LogP contribution in [0.1, 0.15) is 43.4 Å². The summed E-state index contributed by atoms with van der Waals surface area (Å²) in [6, 6.07) is 4.27. The van der Waals surface area contributed by atoms with Crippen molar-refractivity contribution < 1.29 is 0 Å². The molecule has 2 fully saturated rings. The lowest BCUT2D eigenvalue weighted by Gasteiger charge is -2.33. The van der Waals surface area contributed by atoms with Gasteiger partial charge in [0.1, 0.15) is 11.6 Å². The summed E-state index contributed by atoms with van der Waals surface area (Å²) in [5.41, 5.74) is 3.57. The summed E-state index contributed by atoms with van der Waals surface area (Å²) < 4.78 is 0. The molecule has 5 rings (SSSR count). The second-order valence-corrected chi connectivity index (χ2v) is 9.55. The number of nitrogens with one attached hydrogen (secondary N) is 1. The van der Waals surface area contributed by atoms with Gasteiger partial charge in [-0.15, -0.1) is 0 Å². The average Bonchev–Trinajstić information content (AvgIpc) is 3.36. The van der Waals surface area contributed by atoms with Crippen LogP contribution in [0.4, 0.5) is 11.6 Å². The van der Waals surface area contributed by atoms with E-state index in [0.29, 0.717) is 0 Å². The van der Waals surface area contributed by atoms with Crippen molar-refractivity contribution in [1.29, 1.82) is 0 Å². The van der Waals surface area contributed by atoms with E-state index >= 15 is 0 Å². The van der Waals surface area contributed by atoms with Crippen molar-refractivity contribution >= 4 is 11.6 Å². The van der Waals surface area contributed by atoms with Gasteiger partial charge in [0.05, 0.1) is 0 Å². The summed E-state index contributed by atoms with van der Waals surface area (Å²) in [5, 5.41) is 3.66. The molecule has 0 amide bonds. The van der Waals surface area contributed by atoms with E-state index in [9.17, 15) is 0 Å². The normalized spacial score (nSPS) is 19.8. The fourth-order valence-electron chi connectivity index (χ4n) is 5.13. The molecule has 0 saturated carbocycles. The maximum absolute atomic E-state index is 4.98. The Kier molecular flexibility index (Phi) is 6.83. The molecule has 7 heteroatoms. The van der Waals surface area contributed by atoms with Gasteiger partial charge < -0.3 is 20.0 Å². The standard InChI is InChI=1S/C25H37N7/c1-30-15-17-32(18-16-30)23-10-9-20(19-27-23)24-28-22-8-3-2-7-21(22)25(29-24)26-11-6-14-31-12-4-5-13-31/h9-10,19H,2-8,11-18H2,1H3,(H,26,28,29). The van der Waals surface area contributed by atoms with Crippen LogP contribution in [-0.4, -0.2) is 84.2 Å². The quantitative estimate of drug-likeness (QED) is 0.671. The van der Waals surface area contributed by atoms with Gasteiger partial charge in [0.25, 0.3) is 0 Å². The second kappa shape index (κ2) is 10.1. The Hall–Kier alpha value is -2.25. The summed E-state index contributed by atoms with van der Waals surface area (Å²) in [6.07, 6.45) is 10.4. The van der Waals surface area contributed by atoms with Crippen LogP contribution in [0.3, 0.4) is 0 Å². The first-order valence-electron chi connectivity index (χ1n) is 12.5. The smallest absolute Gasteiger partial charge is 0.163 e. The van der Waals surface area contributed by atoms with Crippen molar-refractivity contribution in [1.82, 2.24) is 24.8 Å². The molecule has 2 aromatic heterocycles. The molecule has 0 spiro atoms. The first kappa shape index (κ1) is 21.6. The lowest BCUT2D eigenvalue weighted by molar-refractivity contribution is 0.312. The maximum Gasteiger partial charge on any atom is 0.163 e. The summed E-state index contributed by atoms with van der Waals surface area (Å²) in [4.78, 5) is 22.0. The Labute approximate surface area is 192 Å². The van der Waals surface area contributed by atoms with E-state index in [2.05, 4.69) is 39.2 Å². The number of piperazine rings is 1. The number of aromatic nitrogens is 3. The third-order valence-electron chi connectivity index (χ3n) is 7.16. The monoisotopic (exact) mass is 435 g/mol. The van der Waals surface area contributed by atoms with E-state index in [4.69, 9.17) is 15.0 Å². The molecule has 0 bridgehead atoms. The Balaban J connectivity index is 1.29. The van der Waals surface area contributed by atoms with Gasteiger partial charge in [-0.05, 0) is 83.8 Å². The van der Waals surface area contributed by atoms with Crippen LogP contribution in [0.5, 0.6) is 0 Å². The molecule has 1 N–H and O–H groups in total. The number of pyridine rings is 1. The van der Waals surface area contributed by atoms with Gasteiger partial charge in [-0.25, -0.2) is 15.0 Å². The van der Waals surface area contributed by atoms with Gasteiger partial charge in [0, 0.05) is 55.7 Å². The zero-order chi connectivity index (χ0) is 21.8. The lowest BCUT2D eigenvalue weighted by Crippen LogP contribution is -2.44.